The van der Waals surface area contributed by atoms with Gasteiger partial charge < -0.3 is 9.47 Å². The maximum atomic E-state index is 13.3. The largest absolute Gasteiger partial charge is 0.466 e. The van der Waals surface area contributed by atoms with Crippen LogP contribution >= 0.6 is 23.2 Å². The predicted octanol–water partition coefficient (Wildman–Crippen LogP) is 3.26. The number of benzene rings is 1. The summed E-state index contributed by atoms with van der Waals surface area (Å²) in [5.74, 6) is -1.56. The van der Waals surface area contributed by atoms with Crippen molar-refractivity contribution in [1.82, 2.24) is 4.31 Å². The Morgan fingerprint density at radius 2 is 1.39 bits per heavy atom. The van der Waals surface area contributed by atoms with E-state index in [2.05, 4.69) is 0 Å². The van der Waals surface area contributed by atoms with Gasteiger partial charge in [-0.15, -0.1) is 23.2 Å². The zero-order valence-electron chi connectivity index (χ0n) is 18.4. The molecule has 0 N–H and O–H groups in total. The Morgan fingerprint density at radius 1 is 0.909 bits per heavy atom. The highest BCUT2D eigenvalue weighted by Crippen LogP contribution is 2.58. The van der Waals surface area contributed by atoms with Crippen molar-refractivity contribution in [3.8, 4) is 0 Å². The highest BCUT2D eigenvalue weighted by molar-refractivity contribution is 7.89. The van der Waals surface area contributed by atoms with Crippen LogP contribution in [0.4, 0.5) is 0 Å². The van der Waals surface area contributed by atoms with Crippen molar-refractivity contribution in [2.75, 3.05) is 27.3 Å². The summed E-state index contributed by atoms with van der Waals surface area (Å²) in [4.78, 5) is 22.7. The molecule has 3 aliphatic carbocycles. The van der Waals surface area contributed by atoms with Crippen LogP contribution in [0.3, 0.4) is 0 Å². The van der Waals surface area contributed by atoms with Crippen molar-refractivity contribution in [2.45, 2.75) is 34.4 Å². The molecule has 10 heteroatoms. The van der Waals surface area contributed by atoms with E-state index in [9.17, 15) is 18.0 Å². The zero-order chi connectivity index (χ0) is 24.2. The lowest BCUT2D eigenvalue weighted by Gasteiger charge is -2.48. The molecule has 1 fully saturated rings. The van der Waals surface area contributed by atoms with E-state index in [0.717, 1.165) is 5.56 Å². The molecule has 0 amide bonds. The van der Waals surface area contributed by atoms with E-state index in [0.29, 0.717) is 11.1 Å². The summed E-state index contributed by atoms with van der Waals surface area (Å²) in [6.45, 7) is 2.16. The molecule has 1 aliphatic heterocycles. The fourth-order valence-corrected chi connectivity index (χ4v) is 7.03. The average Bonchev–Trinajstić information content (AvgIpc) is 2.78. The van der Waals surface area contributed by atoms with Crippen molar-refractivity contribution < 1.29 is 27.5 Å². The molecule has 0 atom stereocenters. The van der Waals surface area contributed by atoms with Crippen molar-refractivity contribution in [1.29, 1.82) is 0 Å². The number of esters is 2. The second kappa shape index (κ2) is 8.27. The van der Waals surface area contributed by atoms with Crippen LogP contribution in [0, 0.1) is 6.92 Å². The molecular formula is C23H23Cl2NO6S. The monoisotopic (exact) mass is 511 g/mol. The third-order valence-corrected chi connectivity index (χ3v) is 9.32. The Hall–Kier alpha value is -2.13. The van der Waals surface area contributed by atoms with Crippen molar-refractivity contribution in [2.24, 2.45) is 0 Å². The molecule has 4 aliphatic rings. The van der Waals surface area contributed by atoms with E-state index in [1.54, 1.807) is 36.4 Å². The second-order valence-electron chi connectivity index (χ2n) is 8.22. The summed E-state index contributed by atoms with van der Waals surface area (Å²) < 4.78 is 37.8. The summed E-state index contributed by atoms with van der Waals surface area (Å²) in [5.41, 5.74) is 1.91. The van der Waals surface area contributed by atoms with Gasteiger partial charge in [0.15, 0.2) is 0 Å². The molecule has 0 spiro atoms. The lowest BCUT2D eigenvalue weighted by molar-refractivity contribution is -0.140. The minimum absolute atomic E-state index is 0.0710. The molecule has 1 aromatic rings. The lowest BCUT2D eigenvalue weighted by atomic mass is 9.65. The zero-order valence-corrected chi connectivity index (χ0v) is 20.7. The summed E-state index contributed by atoms with van der Waals surface area (Å²) in [6.07, 6.45) is 3.67. The van der Waals surface area contributed by atoms with Gasteiger partial charge in [0.05, 0.1) is 30.3 Å². The number of methoxy groups -OCH3 is 2. The fraction of sp³-hybridized carbons (Fsp3) is 0.391. The summed E-state index contributed by atoms with van der Waals surface area (Å²) in [7, 11) is -1.34. The molecule has 0 saturated carbocycles. The smallest absolute Gasteiger partial charge is 0.336 e. The minimum Gasteiger partial charge on any atom is -0.466 e. The van der Waals surface area contributed by atoms with Gasteiger partial charge in [-0.2, -0.15) is 4.31 Å². The number of hydrogen-bond acceptors (Lipinski definition) is 6. The van der Waals surface area contributed by atoms with Gasteiger partial charge in [-0.1, -0.05) is 29.8 Å². The molecule has 1 heterocycles. The number of hydrogen-bond donors (Lipinski definition) is 0. The molecule has 5 rings (SSSR count). The van der Waals surface area contributed by atoms with Crippen LogP contribution < -0.4 is 0 Å². The van der Waals surface area contributed by atoms with Crippen LogP contribution in [0.2, 0.25) is 0 Å². The predicted molar refractivity (Wildman–Crippen MR) is 124 cm³/mol. The Morgan fingerprint density at radius 3 is 1.88 bits per heavy atom. The number of ether oxygens (including phenoxy) is 2. The van der Waals surface area contributed by atoms with Crippen LogP contribution in [0.25, 0.3) is 0 Å². The van der Waals surface area contributed by atoms with Gasteiger partial charge >= 0.3 is 11.9 Å². The van der Waals surface area contributed by atoms with E-state index in [-0.39, 0.29) is 42.0 Å². The Kier molecular flexibility index (Phi) is 6.02. The number of carbonyl (C=O) groups excluding carboxylic acids is 2. The maximum Gasteiger partial charge on any atom is 0.336 e. The van der Waals surface area contributed by atoms with E-state index in [4.69, 9.17) is 32.7 Å². The Balaban J connectivity index is 1.76. The number of allylic oxidation sites excluding steroid dienone is 2. The first-order valence-corrected chi connectivity index (χ1v) is 12.5. The van der Waals surface area contributed by atoms with E-state index in [1.807, 2.05) is 6.92 Å². The molecule has 176 valence electrons. The molecule has 7 nitrogen and oxygen atoms in total. The SMILES string of the molecule is COC(=O)C1=C(C(=O)OC)C2(Cl)C3=CC1(Cl)C=C2CCN(S(=O)(=O)c1ccc(C)cc1)CC3. The first-order valence-electron chi connectivity index (χ1n) is 10.3. The minimum atomic E-state index is -3.73. The van der Waals surface area contributed by atoms with Crippen LogP contribution in [0.1, 0.15) is 18.4 Å². The Bertz CT molecular complexity index is 1200. The highest BCUT2D eigenvalue weighted by Gasteiger charge is 2.58. The molecule has 1 saturated heterocycles. The second-order valence-corrected chi connectivity index (χ2v) is 11.3. The van der Waals surface area contributed by atoms with Gasteiger partial charge in [0, 0.05) is 13.1 Å². The van der Waals surface area contributed by atoms with Crippen molar-refractivity contribution in [3.63, 3.8) is 0 Å². The van der Waals surface area contributed by atoms with Gasteiger partial charge in [0.2, 0.25) is 10.0 Å². The highest BCUT2D eigenvalue weighted by atomic mass is 35.5. The first-order chi connectivity index (χ1) is 15.5. The number of sulfonamides is 1. The quantitative estimate of drug-likeness (QED) is 0.350. The van der Waals surface area contributed by atoms with Crippen LogP contribution in [0.15, 0.2) is 63.6 Å². The molecule has 0 aromatic heterocycles. The van der Waals surface area contributed by atoms with Crippen LogP contribution in [0.5, 0.6) is 0 Å². The summed E-state index contributed by atoms with van der Waals surface area (Å²) in [6, 6.07) is 6.68. The average molecular weight is 512 g/mol. The molecule has 0 unspecified atom stereocenters. The van der Waals surface area contributed by atoms with Crippen molar-refractivity contribution in [3.05, 3.63) is 64.3 Å². The molecular weight excluding hydrogens is 489 g/mol. The summed E-state index contributed by atoms with van der Waals surface area (Å²) in [5, 5.41) is 0. The van der Waals surface area contributed by atoms with Crippen LogP contribution in [-0.2, 0) is 29.1 Å². The standard InChI is InChI=1S/C23H23Cl2NO6S/c1-14-4-6-17(7-5-14)33(29,30)26-10-8-15-12-22(24)13-16(9-11-26)23(15,25)19(21(28)32-3)18(22)20(27)31-2/h4-7,12-13H,8-11H2,1-3H3. The number of nitrogens with zero attached hydrogens (tertiary/aromatic N) is 1. The number of halogens is 2. The topological polar surface area (TPSA) is 90.0 Å². The number of carbonyl (C=O) groups is 2. The van der Waals surface area contributed by atoms with Crippen LogP contribution in [-0.4, -0.2) is 61.7 Å². The number of rotatable bonds is 4. The number of alkyl halides is 2. The Labute approximate surface area is 202 Å². The molecule has 1 aromatic carbocycles. The van der Waals surface area contributed by atoms with Gasteiger partial charge in [0.1, 0.15) is 9.75 Å². The van der Waals surface area contributed by atoms with E-state index >= 15 is 0 Å². The number of aryl methyl sites for hydroxylation is 1. The molecule has 0 radical (unpaired) electrons. The summed E-state index contributed by atoms with van der Waals surface area (Å²) >= 11 is 14.0. The lowest BCUT2D eigenvalue weighted by Crippen LogP contribution is -2.51. The van der Waals surface area contributed by atoms with Gasteiger partial charge in [-0.05, 0) is 43.0 Å². The molecule has 33 heavy (non-hydrogen) atoms. The third-order valence-electron chi connectivity index (χ3n) is 6.33. The van der Waals surface area contributed by atoms with Crippen molar-refractivity contribution >= 4 is 45.2 Å². The fourth-order valence-electron chi connectivity index (χ4n) is 4.68. The van der Waals surface area contributed by atoms with Gasteiger partial charge in [-0.25, -0.2) is 18.0 Å². The van der Waals surface area contributed by atoms with E-state index < -0.39 is 31.7 Å². The van der Waals surface area contributed by atoms with E-state index in [1.165, 1.54) is 18.5 Å². The first kappa shape index (κ1) is 24.0. The normalized spacial score (nSPS) is 27.3. The van der Waals surface area contributed by atoms with Gasteiger partial charge in [-0.3, -0.25) is 0 Å². The third kappa shape index (κ3) is 3.64. The maximum absolute atomic E-state index is 13.3. The molecule has 4 bridgehead atoms. The van der Waals surface area contributed by atoms with Gasteiger partial charge in [0.25, 0.3) is 0 Å².